The SMILES string of the molecule is Cc1ncsc1CCC(CCl)(CCl)CC(C)C. The largest absolute Gasteiger partial charge is 0.250 e. The Morgan fingerprint density at radius 3 is 2.41 bits per heavy atom. The standard InChI is InChI=1S/C13H21Cl2NS/c1-10(2)6-13(7-14,8-15)5-4-12-11(3)16-9-17-12/h9-10H,4-8H2,1-3H3. The molecule has 0 spiro atoms. The van der Waals surface area contributed by atoms with E-state index in [0.29, 0.717) is 17.7 Å². The number of hydrogen-bond donors (Lipinski definition) is 0. The molecule has 0 aliphatic heterocycles. The maximum atomic E-state index is 6.15. The molecule has 0 N–H and O–H groups in total. The van der Waals surface area contributed by atoms with Crippen LogP contribution in [0.4, 0.5) is 0 Å². The third-order valence-electron chi connectivity index (χ3n) is 3.14. The minimum atomic E-state index is 0.0771. The second kappa shape index (κ2) is 6.96. The minimum absolute atomic E-state index is 0.0771. The first-order valence-corrected chi connectivity index (χ1v) is 7.99. The van der Waals surface area contributed by atoms with Crippen molar-refractivity contribution in [3.05, 3.63) is 16.1 Å². The van der Waals surface area contributed by atoms with E-state index in [1.807, 2.05) is 5.51 Å². The molecule has 1 aromatic rings. The van der Waals surface area contributed by atoms with Crippen molar-refractivity contribution >= 4 is 34.5 Å². The van der Waals surface area contributed by atoms with Gasteiger partial charge in [-0.1, -0.05) is 13.8 Å². The predicted octanol–water partition coefficient (Wildman–Crippen LogP) is 4.89. The minimum Gasteiger partial charge on any atom is -0.250 e. The molecule has 98 valence electrons. The van der Waals surface area contributed by atoms with Crippen molar-refractivity contribution in [2.45, 2.75) is 40.0 Å². The first-order chi connectivity index (χ1) is 8.03. The Bertz CT molecular complexity index is 332. The molecule has 1 rings (SSSR count). The van der Waals surface area contributed by atoms with Crippen LogP contribution >= 0.6 is 34.5 Å². The zero-order chi connectivity index (χ0) is 12.9. The lowest BCUT2D eigenvalue weighted by atomic mass is 9.79. The Balaban J connectivity index is 2.64. The molecule has 0 radical (unpaired) electrons. The van der Waals surface area contributed by atoms with Crippen LogP contribution in [0.2, 0.25) is 0 Å². The van der Waals surface area contributed by atoms with E-state index in [9.17, 15) is 0 Å². The van der Waals surface area contributed by atoms with Crippen LogP contribution < -0.4 is 0 Å². The first kappa shape index (κ1) is 15.3. The number of alkyl halides is 2. The van der Waals surface area contributed by atoms with Crippen molar-refractivity contribution in [2.24, 2.45) is 11.3 Å². The van der Waals surface area contributed by atoms with E-state index in [1.165, 1.54) is 4.88 Å². The number of aryl methyl sites for hydroxylation is 2. The third kappa shape index (κ3) is 4.42. The van der Waals surface area contributed by atoms with Gasteiger partial charge in [-0.15, -0.1) is 34.5 Å². The highest BCUT2D eigenvalue weighted by atomic mass is 35.5. The summed E-state index contributed by atoms with van der Waals surface area (Å²) < 4.78 is 0. The van der Waals surface area contributed by atoms with Crippen LogP contribution in [-0.2, 0) is 6.42 Å². The molecule has 0 aliphatic carbocycles. The van der Waals surface area contributed by atoms with Gasteiger partial charge in [-0.25, -0.2) is 4.98 Å². The van der Waals surface area contributed by atoms with Crippen molar-refractivity contribution in [3.8, 4) is 0 Å². The number of rotatable bonds is 7. The smallest absolute Gasteiger partial charge is 0.0797 e. The van der Waals surface area contributed by atoms with Gasteiger partial charge < -0.3 is 0 Å². The summed E-state index contributed by atoms with van der Waals surface area (Å²) >= 11 is 14.0. The molecule has 1 nitrogen and oxygen atoms in total. The van der Waals surface area contributed by atoms with E-state index < -0.39 is 0 Å². The van der Waals surface area contributed by atoms with Crippen LogP contribution in [0.1, 0.15) is 37.3 Å². The van der Waals surface area contributed by atoms with Gasteiger partial charge in [0.25, 0.3) is 0 Å². The zero-order valence-corrected chi connectivity index (χ0v) is 13.1. The summed E-state index contributed by atoms with van der Waals surface area (Å²) in [6, 6.07) is 0. The number of halogens is 2. The number of thiazole rings is 1. The van der Waals surface area contributed by atoms with Crippen LogP contribution in [0, 0.1) is 18.3 Å². The number of hydrogen-bond acceptors (Lipinski definition) is 2. The number of nitrogens with zero attached hydrogens (tertiary/aromatic N) is 1. The van der Waals surface area contributed by atoms with Crippen molar-refractivity contribution in [1.29, 1.82) is 0 Å². The van der Waals surface area contributed by atoms with Crippen LogP contribution in [0.25, 0.3) is 0 Å². The molecule has 1 heterocycles. The average molecular weight is 294 g/mol. The zero-order valence-electron chi connectivity index (χ0n) is 10.8. The Labute approximate surface area is 119 Å². The summed E-state index contributed by atoms with van der Waals surface area (Å²) in [5.74, 6) is 1.93. The van der Waals surface area contributed by atoms with Crippen LogP contribution in [-0.4, -0.2) is 16.7 Å². The Morgan fingerprint density at radius 2 is 2.00 bits per heavy atom. The normalized spacial score (nSPS) is 12.4. The van der Waals surface area contributed by atoms with E-state index in [-0.39, 0.29) is 5.41 Å². The lowest BCUT2D eigenvalue weighted by Crippen LogP contribution is -2.28. The third-order valence-corrected chi connectivity index (χ3v) is 5.26. The molecule has 4 heteroatoms. The monoisotopic (exact) mass is 293 g/mol. The van der Waals surface area contributed by atoms with E-state index in [4.69, 9.17) is 23.2 Å². The van der Waals surface area contributed by atoms with Crippen LogP contribution in [0.15, 0.2) is 5.51 Å². The lowest BCUT2D eigenvalue weighted by Gasteiger charge is -2.31. The van der Waals surface area contributed by atoms with E-state index in [2.05, 4.69) is 25.8 Å². The maximum Gasteiger partial charge on any atom is 0.0797 e. The summed E-state index contributed by atoms with van der Waals surface area (Å²) in [5.41, 5.74) is 3.14. The molecular formula is C13H21Cl2NS. The molecule has 0 atom stereocenters. The maximum absolute atomic E-state index is 6.15. The lowest BCUT2D eigenvalue weighted by molar-refractivity contribution is 0.276. The average Bonchev–Trinajstić information content (AvgIpc) is 2.70. The van der Waals surface area contributed by atoms with Gasteiger partial charge in [0.05, 0.1) is 11.2 Å². The molecule has 0 bridgehead atoms. The quantitative estimate of drug-likeness (QED) is 0.652. The van der Waals surface area contributed by atoms with E-state index >= 15 is 0 Å². The van der Waals surface area contributed by atoms with E-state index in [1.54, 1.807) is 11.3 Å². The molecule has 17 heavy (non-hydrogen) atoms. The predicted molar refractivity (Wildman–Crippen MR) is 78.5 cm³/mol. The summed E-state index contributed by atoms with van der Waals surface area (Å²) in [6.45, 7) is 6.52. The summed E-state index contributed by atoms with van der Waals surface area (Å²) in [6.07, 6.45) is 3.20. The highest BCUT2D eigenvalue weighted by molar-refractivity contribution is 7.09. The Hall–Kier alpha value is 0.210. The Kier molecular flexibility index (Phi) is 6.25. The molecule has 0 aromatic carbocycles. The van der Waals surface area contributed by atoms with Crippen molar-refractivity contribution in [1.82, 2.24) is 4.98 Å². The molecule has 0 aliphatic rings. The van der Waals surface area contributed by atoms with Gasteiger partial charge in [0.15, 0.2) is 0 Å². The summed E-state index contributed by atoms with van der Waals surface area (Å²) in [5, 5.41) is 0. The number of aromatic nitrogens is 1. The molecule has 0 saturated heterocycles. The molecule has 1 aromatic heterocycles. The summed E-state index contributed by atoms with van der Waals surface area (Å²) in [4.78, 5) is 5.65. The van der Waals surface area contributed by atoms with Gasteiger partial charge in [-0.3, -0.25) is 0 Å². The first-order valence-electron chi connectivity index (χ1n) is 6.04. The van der Waals surface area contributed by atoms with E-state index in [0.717, 1.165) is 25.0 Å². The fourth-order valence-corrected chi connectivity index (χ4v) is 3.74. The second-order valence-electron chi connectivity index (χ2n) is 5.23. The topological polar surface area (TPSA) is 12.9 Å². The highest BCUT2D eigenvalue weighted by Gasteiger charge is 2.29. The highest BCUT2D eigenvalue weighted by Crippen LogP contribution is 2.35. The van der Waals surface area contributed by atoms with Crippen molar-refractivity contribution in [3.63, 3.8) is 0 Å². The van der Waals surface area contributed by atoms with Crippen molar-refractivity contribution < 1.29 is 0 Å². The van der Waals surface area contributed by atoms with Gasteiger partial charge in [0.2, 0.25) is 0 Å². The molecule has 0 fully saturated rings. The molecule has 0 amide bonds. The van der Waals surface area contributed by atoms with Gasteiger partial charge in [-0.05, 0) is 37.5 Å². The molecule has 0 unspecified atom stereocenters. The second-order valence-corrected chi connectivity index (χ2v) is 6.70. The fraction of sp³-hybridized carbons (Fsp3) is 0.769. The van der Waals surface area contributed by atoms with Gasteiger partial charge in [0, 0.05) is 16.6 Å². The van der Waals surface area contributed by atoms with Gasteiger partial charge in [0.1, 0.15) is 0 Å². The summed E-state index contributed by atoms with van der Waals surface area (Å²) in [7, 11) is 0. The van der Waals surface area contributed by atoms with Crippen LogP contribution in [0.5, 0.6) is 0 Å². The van der Waals surface area contributed by atoms with Crippen LogP contribution in [0.3, 0.4) is 0 Å². The van der Waals surface area contributed by atoms with Gasteiger partial charge >= 0.3 is 0 Å². The molecule has 0 saturated carbocycles. The van der Waals surface area contributed by atoms with Crippen molar-refractivity contribution in [2.75, 3.05) is 11.8 Å². The Morgan fingerprint density at radius 1 is 1.35 bits per heavy atom. The molecular weight excluding hydrogens is 273 g/mol. The fourth-order valence-electron chi connectivity index (χ4n) is 2.19. The van der Waals surface area contributed by atoms with Gasteiger partial charge in [-0.2, -0.15) is 0 Å².